The molecule has 4 nitrogen and oxygen atoms in total. The first-order valence-electron chi connectivity index (χ1n) is 6.20. The van der Waals surface area contributed by atoms with E-state index >= 15 is 0 Å². The van der Waals surface area contributed by atoms with Crippen LogP contribution in [0.2, 0.25) is 0 Å². The summed E-state index contributed by atoms with van der Waals surface area (Å²) in [6.07, 6.45) is 0. The van der Waals surface area contributed by atoms with Crippen LogP contribution in [0.3, 0.4) is 0 Å². The first kappa shape index (κ1) is 14.0. The van der Waals surface area contributed by atoms with Crippen molar-refractivity contribution in [2.75, 3.05) is 17.2 Å². The van der Waals surface area contributed by atoms with E-state index in [1.165, 1.54) is 12.1 Å². The van der Waals surface area contributed by atoms with Crippen LogP contribution >= 0.6 is 0 Å². The molecule has 0 aliphatic carbocycles. The van der Waals surface area contributed by atoms with Crippen molar-refractivity contribution in [3.63, 3.8) is 0 Å². The van der Waals surface area contributed by atoms with Gasteiger partial charge < -0.3 is 15.4 Å². The molecule has 0 fully saturated rings. The van der Waals surface area contributed by atoms with Gasteiger partial charge in [-0.25, -0.2) is 4.98 Å². The van der Waals surface area contributed by atoms with Crippen molar-refractivity contribution >= 4 is 17.3 Å². The number of anilines is 3. The molecule has 0 atom stereocenters. The van der Waals surface area contributed by atoms with Crippen LogP contribution in [0.25, 0.3) is 0 Å². The van der Waals surface area contributed by atoms with E-state index < -0.39 is 6.61 Å². The highest BCUT2D eigenvalue weighted by atomic mass is 19.3. The van der Waals surface area contributed by atoms with Gasteiger partial charge in [0.15, 0.2) is 0 Å². The van der Waals surface area contributed by atoms with Crippen LogP contribution in [0.4, 0.5) is 26.1 Å². The average molecular weight is 279 g/mol. The molecule has 2 N–H and O–H groups in total. The van der Waals surface area contributed by atoms with E-state index in [0.717, 1.165) is 18.1 Å². The van der Waals surface area contributed by atoms with Gasteiger partial charge in [0.1, 0.15) is 17.4 Å². The van der Waals surface area contributed by atoms with Gasteiger partial charge in [0.2, 0.25) is 0 Å². The molecule has 2 rings (SSSR count). The summed E-state index contributed by atoms with van der Waals surface area (Å²) in [6, 6.07) is 11.8. The normalized spacial score (nSPS) is 10.4. The largest absolute Gasteiger partial charge is 0.435 e. The quantitative estimate of drug-likeness (QED) is 0.843. The molecule has 0 saturated carbocycles. The Hall–Kier alpha value is -2.37. The maximum atomic E-state index is 12.0. The molecular formula is C14H15F2N3O. The second-order valence-electron chi connectivity index (χ2n) is 3.97. The maximum Gasteiger partial charge on any atom is 0.387 e. The highest BCUT2D eigenvalue weighted by Crippen LogP contribution is 2.20. The molecule has 1 heterocycles. The van der Waals surface area contributed by atoms with Crippen LogP contribution in [0, 0.1) is 0 Å². The number of ether oxygens (including phenoxy) is 1. The van der Waals surface area contributed by atoms with Crippen LogP contribution in [-0.4, -0.2) is 18.1 Å². The van der Waals surface area contributed by atoms with Gasteiger partial charge in [-0.1, -0.05) is 6.07 Å². The number of aromatic nitrogens is 1. The number of hydrogen-bond acceptors (Lipinski definition) is 4. The molecule has 0 saturated heterocycles. The van der Waals surface area contributed by atoms with Crippen molar-refractivity contribution in [1.29, 1.82) is 0 Å². The van der Waals surface area contributed by atoms with Gasteiger partial charge in [0.05, 0.1) is 0 Å². The molecular weight excluding hydrogens is 264 g/mol. The second-order valence-corrected chi connectivity index (χ2v) is 3.97. The Morgan fingerprint density at radius 3 is 2.45 bits per heavy atom. The number of hydrogen-bond donors (Lipinski definition) is 2. The summed E-state index contributed by atoms with van der Waals surface area (Å²) in [5.74, 6) is 1.57. The fourth-order valence-corrected chi connectivity index (χ4v) is 1.65. The lowest BCUT2D eigenvalue weighted by atomic mass is 10.3. The molecule has 0 amide bonds. The van der Waals surface area contributed by atoms with Gasteiger partial charge in [0.25, 0.3) is 0 Å². The molecule has 0 unspecified atom stereocenters. The molecule has 1 aromatic heterocycles. The number of alkyl halides is 2. The Balaban J connectivity index is 2.04. The van der Waals surface area contributed by atoms with E-state index in [9.17, 15) is 8.78 Å². The van der Waals surface area contributed by atoms with E-state index in [1.54, 1.807) is 12.1 Å². The van der Waals surface area contributed by atoms with Gasteiger partial charge in [-0.15, -0.1) is 0 Å². The standard InChI is InChI=1S/C14H15F2N3O/c1-2-17-12-4-3-5-13(19-12)18-10-6-8-11(9-7-10)20-14(15)16/h3-9,14H,2H2,1H3,(H2,17,18,19). The molecule has 106 valence electrons. The molecule has 6 heteroatoms. The molecule has 1 aromatic carbocycles. The van der Waals surface area contributed by atoms with Crippen molar-refractivity contribution in [2.24, 2.45) is 0 Å². The van der Waals surface area contributed by atoms with E-state index in [1.807, 2.05) is 25.1 Å². The molecule has 0 spiro atoms. The predicted octanol–water partition coefficient (Wildman–Crippen LogP) is 3.86. The lowest BCUT2D eigenvalue weighted by Gasteiger charge is -2.09. The smallest absolute Gasteiger partial charge is 0.387 e. The first-order chi connectivity index (χ1) is 9.67. The van der Waals surface area contributed by atoms with Gasteiger partial charge in [-0.05, 0) is 43.3 Å². The minimum absolute atomic E-state index is 0.125. The molecule has 0 radical (unpaired) electrons. The molecule has 0 aliphatic rings. The van der Waals surface area contributed by atoms with Crippen molar-refractivity contribution < 1.29 is 13.5 Å². The van der Waals surface area contributed by atoms with E-state index in [2.05, 4.69) is 20.4 Å². The minimum Gasteiger partial charge on any atom is -0.435 e. The Labute approximate surface area is 115 Å². The predicted molar refractivity (Wildman–Crippen MR) is 74.8 cm³/mol. The van der Waals surface area contributed by atoms with Gasteiger partial charge in [0, 0.05) is 12.2 Å². The minimum atomic E-state index is -2.81. The highest BCUT2D eigenvalue weighted by Gasteiger charge is 2.04. The maximum absolute atomic E-state index is 12.0. The second kappa shape index (κ2) is 6.70. The Bertz CT molecular complexity index is 546. The van der Waals surface area contributed by atoms with E-state index in [4.69, 9.17) is 0 Å². The van der Waals surface area contributed by atoms with Crippen molar-refractivity contribution in [1.82, 2.24) is 4.98 Å². The fourth-order valence-electron chi connectivity index (χ4n) is 1.65. The lowest BCUT2D eigenvalue weighted by Crippen LogP contribution is -2.02. The number of halogens is 2. The van der Waals surface area contributed by atoms with Crippen LogP contribution in [0.15, 0.2) is 42.5 Å². The molecule has 0 aliphatic heterocycles. The summed E-state index contributed by atoms with van der Waals surface area (Å²) in [5, 5.41) is 6.20. The molecule has 20 heavy (non-hydrogen) atoms. The third-order valence-corrected chi connectivity index (χ3v) is 2.46. The Morgan fingerprint density at radius 1 is 1.10 bits per heavy atom. The summed E-state index contributed by atoms with van der Waals surface area (Å²) >= 11 is 0. The van der Waals surface area contributed by atoms with Crippen molar-refractivity contribution in [3.05, 3.63) is 42.5 Å². The molecule has 0 bridgehead atoms. The summed E-state index contributed by atoms with van der Waals surface area (Å²) in [6.45, 7) is -0.0353. The first-order valence-corrected chi connectivity index (χ1v) is 6.20. The van der Waals surface area contributed by atoms with Crippen molar-refractivity contribution in [3.8, 4) is 5.75 Å². The third kappa shape index (κ3) is 4.08. The number of rotatable bonds is 6. The van der Waals surface area contributed by atoms with Crippen LogP contribution in [-0.2, 0) is 0 Å². The summed E-state index contributed by atoms with van der Waals surface area (Å²) in [4.78, 5) is 4.36. The molecule has 2 aromatic rings. The summed E-state index contributed by atoms with van der Waals surface area (Å²) in [7, 11) is 0. The number of pyridine rings is 1. The Morgan fingerprint density at radius 2 is 1.80 bits per heavy atom. The van der Waals surface area contributed by atoms with Crippen LogP contribution in [0.1, 0.15) is 6.92 Å². The number of nitrogens with one attached hydrogen (secondary N) is 2. The van der Waals surface area contributed by atoms with E-state index in [0.29, 0.717) is 5.82 Å². The zero-order valence-electron chi connectivity index (χ0n) is 10.9. The number of benzene rings is 1. The van der Waals surface area contributed by atoms with Gasteiger partial charge >= 0.3 is 6.61 Å². The monoisotopic (exact) mass is 279 g/mol. The fraction of sp³-hybridized carbons (Fsp3) is 0.214. The Kier molecular flexibility index (Phi) is 4.70. The third-order valence-electron chi connectivity index (χ3n) is 2.46. The highest BCUT2D eigenvalue weighted by molar-refractivity contribution is 5.58. The van der Waals surface area contributed by atoms with Crippen molar-refractivity contribution in [2.45, 2.75) is 13.5 Å². The van der Waals surface area contributed by atoms with Gasteiger partial charge in [-0.2, -0.15) is 8.78 Å². The average Bonchev–Trinajstić information content (AvgIpc) is 2.41. The zero-order valence-corrected chi connectivity index (χ0v) is 10.9. The van der Waals surface area contributed by atoms with Gasteiger partial charge in [-0.3, -0.25) is 0 Å². The zero-order chi connectivity index (χ0) is 14.4. The summed E-state index contributed by atoms with van der Waals surface area (Å²) in [5.41, 5.74) is 0.743. The summed E-state index contributed by atoms with van der Waals surface area (Å²) < 4.78 is 28.3. The number of nitrogens with zero attached hydrogens (tertiary/aromatic N) is 1. The SMILES string of the molecule is CCNc1cccc(Nc2ccc(OC(F)F)cc2)n1. The topological polar surface area (TPSA) is 46.2 Å². The van der Waals surface area contributed by atoms with Crippen LogP contribution < -0.4 is 15.4 Å². The van der Waals surface area contributed by atoms with Crippen LogP contribution in [0.5, 0.6) is 5.75 Å². The lowest BCUT2D eigenvalue weighted by molar-refractivity contribution is -0.0498. The van der Waals surface area contributed by atoms with E-state index in [-0.39, 0.29) is 5.75 Å².